The van der Waals surface area contributed by atoms with Crippen molar-refractivity contribution in [2.45, 2.75) is 84.5 Å². The normalized spacial score (nSPS) is 29.2. The minimum Gasteiger partial charge on any atom is -0.422 e. The van der Waals surface area contributed by atoms with Crippen LogP contribution in [0.25, 0.3) is 0 Å². The van der Waals surface area contributed by atoms with E-state index in [1.54, 1.807) is 0 Å². The first kappa shape index (κ1) is 20.9. The van der Waals surface area contributed by atoms with E-state index in [1.165, 1.54) is 20.8 Å². The third-order valence-corrected chi connectivity index (χ3v) is 10.5. The van der Waals surface area contributed by atoms with E-state index >= 15 is 0 Å². The molecule has 0 bridgehead atoms. The molecule has 3 atom stereocenters. The van der Waals surface area contributed by atoms with Crippen LogP contribution >= 0.6 is 0 Å². The topological polar surface area (TPSA) is 90.9 Å². The summed E-state index contributed by atoms with van der Waals surface area (Å²) in [6.07, 6.45) is -0.429. The number of β-lactam (4-membered cyclic amide) rings is 1. The van der Waals surface area contributed by atoms with Crippen LogP contribution in [0.15, 0.2) is 0 Å². The van der Waals surface area contributed by atoms with Crippen molar-refractivity contribution in [2.75, 3.05) is 0 Å². The molecule has 2 saturated heterocycles. The highest BCUT2D eigenvalue weighted by molar-refractivity contribution is 6.74. The minimum absolute atomic E-state index is 0.0202. The van der Waals surface area contributed by atoms with Crippen LogP contribution in [0.1, 0.15) is 48.5 Å². The molecule has 1 amide bonds. The van der Waals surface area contributed by atoms with Crippen LogP contribution in [0.2, 0.25) is 18.1 Å². The molecule has 2 heterocycles. The number of rotatable bonds is 4. The quantitative estimate of drug-likeness (QED) is 0.346. The van der Waals surface area contributed by atoms with Gasteiger partial charge in [0.25, 0.3) is 5.79 Å². The third-order valence-electron chi connectivity index (χ3n) is 5.90. The fourth-order valence-electron chi connectivity index (χ4n) is 3.11. The summed E-state index contributed by atoms with van der Waals surface area (Å²) < 4.78 is 16.9. The Bertz CT molecular complexity index is 616. The average molecular weight is 386 g/mol. The molecule has 0 aromatic heterocycles. The average Bonchev–Trinajstić information content (AvgIpc) is 2.39. The molecule has 0 saturated carbocycles. The summed E-state index contributed by atoms with van der Waals surface area (Å²) in [6, 6.07) is -0.717. The molecule has 148 valence electrons. The van der Waals surface area contributed by atoms with E-state index in [0.29, 0.717) is 0 Å². The van der Waals surface area contributed by atoms with Crippen molar-refractivity contribution in [3.05, 3.63) is 0 Å². The van der Waals surface area contributed by atoms with E-state index < -0.39 is 49.5 Å². The summed E-state index contributed by atoms with van der Waals surface area (Å²) in [7, 11) is -2.12. The van der Waals surface area contributed by atoms with Crippen molar-refractivity contribution in [2.24, 2.45) is 11.3 Å². The summed E-state index contributed by atoms with van der Waals surface area (Å²) in [5, 5.41) is 2.67. The number of esters is 2. The predicted octanol–water partition coefficient (Wildman–Crippen LogP) is 2.35. The van der Waals surface area contributed by atoms with E-state index in [4.69, 9.17) is 13.9 Å². The predicted molar refractivity (Wildman–Crippen MR) is 97.5 cm³/mol. The molecule has 26 heavy (non-hydrogen) atoms. The van der Waals surface area contributed by atoms with Gasteiger partial charge in [-0.15, -0.1) is 0 Å². The molecule has 0 unspecified atom stereocenters. The number of amides is 1. The Balaban J connectivity index is 2.25. The maximum absolute atomic E-state index is 12.6. The first-order valence-electron chi connectivity index (χ1n) is 8.98. The fraction of sp³-hybridized carbons (Fsp3) is 0.833. The van der Waals surface area contributed by atoms with E-state index in [2.05, 4.69) is 39.2 Å². The molecule has 7 nitrogen and oxygen atoms in total. The van der Waals surface area contributed by atoms with Crippen molar-refractivity contribution < 1.29 is 28.3 Å². The van der Waals surface area contributed by atoms with E-state index in [-0.39, 0.29) is 10.9 Å². The zero-order valence-electron chi connectivity index (χ0n) is 17.2. The van der Waals surface area contributed by atoms with Gasteiger partial charge in [-0.3, -0.25) is 14.4 Å². The zero-order chi connectivity index (χ0) is 20.3. The van der Waals surface area contributed by atoms with Crippen LogP contribution in [0.3, 0.4) is 0 Å². The van der Waals surface area contributed by atoms with E-state index in [9.17, 15) is 14.4 Å². The lowest BCUT2D eigenvalue weighted by Gasteiger charge is -2.51. The van der Waals surface area contributed by atoms with Gasteiger partial charge in [0.2, 0.25) is 5.91 Å². The lowest BCUT2D eigenvalue weighted by molar-refractivity contribution is -0.254. The van der Waals surface area contributed by atoms with Gasteiger partial charge in [-0.25, -0.2) is 0 Å². The SMILES string of the molecule is C[C@@H](O[Si](C)(C)C(C)(C)C)[C@H]1C(=O)N[C@@H]1C1(C)C(=O)OC(C)(C)OC1=O. The molecule has 0 aromatic carbocycles. The first-order chi connectivity index (χ1) is 11.5. The number of cyclic esters (lactones) is 2. The second-order valence-electron chi connectivity index (χ2n) is 9.48. The summed E-state index contributed by atoms with van der Waals surface area (Å²) >= 11 is 0. The second kappa shape index (κ2) is 6.05. The van der Waals surface area contributed by atoms with Crippen LogP contribution in [0.4, 0.5) is 0 Å². The number of carbonyl (C=O) groups excluding carboxylic acids is 3. The number of hydrogen-bond donors (Lipinski definition) is 1. The van der Waals surface area contributed by atoms with Gasteiger partial charge in [-0.2, -0.15) is 0 Å². The van der Waals surface area contributed by atoms with Crippen LogP contribution in [-0.2, 0) is 28.3 Å². The van der Waals surface area contributed by atoms with Crippen LogP contribution in [-0.4, -0.2) is 44.1 Å². The summed E-state index contributed by atoms with van der Waals surface area (Å²) in [5.41, 5.74) is -1.58. The number of carbonyl (C=O) groups is 3. The lowest BCUT2D eigenvalue weighted by atomic mass is 9.68. The smallest absolute Gasteiger partial charge is 0.328 e. The largest absolute Gasteiger partial charge is 0.422 e. The Kier molecular flexibility index (Phi) is 4.86. The lowest BCUT2D eigenvalue weighted by Crippen LogP contribution is -2.74. The van der Waals surface area contributed by atoms with E-state index in [0.717, 1.165) is 0 Å². The minimum atomic E-state index is -2.12. The maximum atomic E-state index is 12.6. The van der Waals surface area contributed by atoms with Gasteiger partial charge in [0.05, 0.1) is 18.1 Å². The third kappa shape index (κ3) is 3.29. The van der Waals surface area contributed by atoms with Crippen LogP contribution in [0, 0.1) is 11.3 Å². The van der Waals surface area contributed by atoms with Gasteiger partial charge in [0.1, 0.15) is 0 Å². The molecular weight excluding hydrogens is 354 g/mol. The number of ether oxygens (including phenoxy) is 2. The van der Waals surface area contributed by atoms with Crippen molar-refractivity contribution >= 4 is 26.2 Å². The Morgan fingerprint density at radius 2 is 1.54 bits per heavy atom. The second-order valence-corrected chi connectivity index (χ2v) is 14.2. The molecule has 2 aliphatic rings. The van der Waals surface area contributed by atoms with Gasteiger partial charge >= 0.3 is 11.9 Å². The van der Waals surface area contributed by atoms with Crippen LogP contribution in [0.5, 0.6) is 0 Å². The molecule has 2 aliphatic heterocycles. The Labute approximate surface area is 156 Å². The van der Waals surface area contributed by atoms with Crippen molar-refractivity contribution in [3.63, 3.8) is 0 Å². The Morgan fingerprint density at radius 3 is 1.92 bits per heavy atom. The fourth-order valence-corrected chi connectivity index (χ4v) is 4.54. The molecule has 2 fully saturated rings. The van der Waals surface area contributed by atoms with Gasteiger partial charge in [-0.1, -0.05) is 20.8 Å². The molecule has 0 aliphatic carbocycles. The van der Waals surface area contributed by atoms with Gasteiger partial charge < -0.3 is 19.2 Å². The van der Waals surface area contributed by atoms with Crippen molar-refractivity contribution in [3.8, 4) is 0 Å². The molecule has 8 heteroatoms. The molecular formula is C18H31NO6Si. The Morgan fingerprint density at radius 1 is 1.08 bits per heavy atom. The van der Waals surface area contributed by atoms with Gasteiger partial charge in [0, 0.05) is 13.8 Å². The van der Waals surface area contributed by atoms with Crippen molar-refractivity contribution in [1.29, 1.82) is 0 Å². The van der Waals surface area contributed by atoms with Crippen LogP contribution < -0.4 is 5.32 Å². The molecule has 0 radical (unpaired) electrons. The first-order valence-corrected chi connectivity index (χ1v) is 11.9. The molecule has 0 aromatic rings. The number of hydrogen-bond acceptors (Lipinski definition) is 6. The molecule has 2 rings (SSSR count). The van der Waals surface area contributed by atoms with Gasteiger partial charge in [0.15, 0.2) is 13.7 Å². The monoisotopic (exact) mass is 385 g/mol. The van der Waals surface area contributed by atoms with E-state index in [1.807, 2.05) is 6.92 Å². The van der Waals surface area contributed by atoms with Crippen molar-refractivity contribution in [1.82, 2.24) is 5.32 Å². The highest BCUT2D eigenvalue weighted by atomic mass is 28.4. The number of nitrogens with one attached hydrogen (secondary N) is 1. The Hall–Kier alpha value is -1.41. The zero-order valence-corrected chi connectivity index (χ0v) is 18.2. The summed E-state index contributed by atoms with van der Waals surface area (Å²) in [5.74, 6) is -3.52. The molecule has 0 spiro atoms. The standard InChI is InChI=1S/C18H31NO6Si/c1-10(25-26(8,9)16(2,3)4)11-12(19-13(11)20)18(7)14(21)23-17(5,6)24-15(18)22/h10-12H,1-9H3,(H,19,20)/t10-,11-,12+/m1/s1. The highest BCUT2D eigenvalue weighted by Gasteiger charge is 2.65. The summed E-state index contributed by atoms with van der Waals surface area (Å²) in [6.45, 7) is 16.8. The summed E-state index contributed by atoms with van der Waals surface area (Å²) in [4.78, 5) is 37.4. The highest BCUT2D eigenvalue weighted by Crippen LogP contribution is 2.44. The maximum Gasteiger partial charge on any atom is 0.328 e. The van der Waals surface area contributed by atoms with Gasteiger partial charge in [-0.05, 0) is 32.0 Å². The molecule has 1 N–H and O–H groups in total.